The predicted molar refractivity (Wildman–Crippen MR) is 112 cm³/mol. The Kier molecular flexibility index (Phi) is 6.63. The van der Waals surface area contributed by atoms with Crippen LogP contribution in [0.15, 0.2) is 60.8 Å². The second-order valence-electron chi connectivity index (χ2n) is 5.75. The van der Waals surface area contributed by atoms with Gasteiger partial charge in [0.25, 0.3) is 0 Å². The van der Waals surface area contributed by atoms with Gasteiger partial charge in [0, 0.05) is 28.4 Å². The van der Waals surface area contributed by atoms with Crippen molar-refractivity contribution in [3.8, 4) is 16.3 Å². The van der Waals surface area contributed by atoms with Gasteiger partial charge >= 0.3 is 0 Å². The number of aromatic nitrogens is 1. The number of anilines is 1. The van der Waals surface area contributed by atoms with Crippen LogP contribution in [0.2, 0.25) is 5.02 Å². The number of carbonyl (C=O) groups excluding carboxylic acids is 1. The lowest BCUT2D eigenvalue weighted by Gasteiger charge is -2.08. The molecule has 0 unspecified atom stereocenters. The highest BCUT2D eigenvalue weighted by molar-refractivity contribution is 7.15. The molecular formula is C21H19ClN2O2S. The molecule has 2 aromatic carbocycles. The van der Waals surface area contributed by atoms with Crippen molar-refractivity contribution in [1.82, 2.24) is 4.98 Å². The maximum absolute atomic E-state index is 12.1. The van der Waals surface area contributed by atoms with E-state index in [0.717, 1.165) is 21.9 Å². The van der Waals surface area contributed by atoms with Gasteiger partial charge in [0.2, 0.25) is 5.91 Å². The number of rotatable bonds is 7. The number of thiazole rings is 1. The summed E-state index contributed by atoms with van der Waals surface area (Å²) >= 11 is 7.71. The van der Waals surface area contributed by atoms with Gasteiger partial charge in [-0.05, 0) is 30.7 Å². The van der Waals surface area contributed by atoms with Crippen molar-refractivity contribution in [2.75, 3.05) is 11.9 Å². The van der Waals surface area contributed by atoms with Crippen LogP contribution in [-0.4, -0.2) is 17.5 Å². The first-order valence-electron chi connectivity index (χ1n) is 8.58. The van der Waals surface area contributed by atoms with Crippen molar-refractivity contribution < 1.29 is 9.53 Å². The minimum atomic E-state index is -0.233. The van der Waals surface area contributed by atoms with Crippen LogP contribution in [0.4, 0.5) is 5.69 Å². The quantitative estimate of drug-likeness (QED) is 0.504. The third-order valence-corrected chi connectivity index (χ3v) is 4.91. The number of nitrogens with zero attached hydrogens (tertiary/aromatic N) is 1. The van der Waals surface area contributed by atoms with E-state index in [1.54, 1.807) is 30.5 Å². The largest absolute Gasteiger partial charge is 0.492 e. The van der Waals surface area contributed by atoms with E-state index in [-0.39, 0.29) is 5.91 Å². The molecule has 1 heterocycles. The van der Waals surface area contributed by atoms with Crippen LogP contribution in [0.3, 0.4) is 0 Å². The van der Waals surface area contributed by atoms with Crippen LogP contribution in [0, 0.1) is 0 Å². The summed E-state index contributed by atoms with van der Waals surface area (Å²) in [4.78, 5) is 17.4. The Hall–Kier alpha value is -2.63. The number of hydrogen-bond donors (Lipinski definition) is 1. The molecule has 0 bridgehead atoms. The van der Waals surface area contributed by atoms with E-state index in [4.69, 9.17) is 16.3 Å². The summed E-state index contributed by atoms with van der Waals surface area (Å²) in [5, 5.41) is 4.19. The van der Waals surface area contributed by atoms with Crippen molar-refractivity contribution in [1.29, 1.82) is 0 Å². The highest BCUT2D eigenvalue weighted by Gasteiger charge is 2.06. The first kappa shape index (κ1) is 19.1. The third-order valence-electron chi connectivity index (χ3n) is 3.60. The number of benzene rings is 2. The molecule has 1 N–H and O–H groups in total. The van der Waals surface area contributed by atoms with Crippen LogP contribution in [0.1, 0.15) is 18.2 Å². The molecule has 3 aromatic rings. The van der Waals surface area contributed by atoms with E-state index >= 15 is 0 Å². The fourth-order valence-electron chi connectivity index (χ4n) is 2.33. The highest BCUT2D eigenvalue weighted by atomic mass is 35.5. The Labute approximate surface area is 167 Å². The number of halogens is 1. The van der Waals surface area contributed by atoms with Gasteiger partial charge in [-0.1, -0.05) is 48.9 Å². The van der Waals surface area contributed by atoms with Crippen LogP contribution in [0.25, 0.3) is 16.6 Å². The molecule has 0 aliphatic heterocycles. The molecule has 0 saturated heterocycles. The zero-order chi connectivity index (χ0) is 19.1. The average molecular weight is 399 g/mol. The van der Waals surface area contributed by atoms with Gasteiger partial charge in [0.05, 0.1) is 11.6 Å². The van der Waals surface area contributed by atoms with Crippen molar-refractivity contribution in [3.05, 3.63) is 70.7 Å². The van der Waals surface area contributed by atoms with Crippen molar-refractivity contribution in [2.45, 2.75) is 13.3 Å². The number of amides is 1. The minimum Gasteiger partial charge on any atom is -0.492 e. The second kappa shape index (κ2) is 9.35. The monoisotopic (exact) mass is 398 g/mol. The SMILES string of the molecule is CCCOc1ccc(NC(=O)/C=C/c2cnc(-c3ccccc3)s2)cc1Cl. The summed E-state index contributed by atoms with van der Waals surface area (Å²) in [6.07, 6.45) is 5.90. The molecule has 27 heavy (non-hydrogen) atoms. The molecule has 1 amide bonds. The molecule has 0 radical (unpaired) electrons. The van der Waals surface area contributed by atoms with Crippen molar-refractivity contribution in [3.63, 3.8) is 0 Å². The van der Waals surface area contributed by atoms with Crippen molar-refractivity contribution >= 4 is 40.6 Å². The summed E-state index contributed by atoms with van der Waals surface area (Å²) in [5.41, 5.74) is 1.68. The molecule has 0 spiro atoms. The lowest BCUT2D eigenvalue weighted by atomic mass is 10.2. The molecule has 0 aliphatic carbocycles. The van der Waals surface area contributed by atoms with E-state index in [2.05, 4.69) is 10.3 Å². The Morgan fingerprint density at radius 1 is 1.26 bits per heavy atom. The molecule has 0 saturated carbocycles. The van der Waals surface area contributed by atoms with Gasteiger partial charge in [0.1, 0.15) is 10.8 Å². The van der Waals surface area contributed by atoms with Gasteiger partial charge in [0.15, 0.2) is 0 Å². The molecule has 0 atom stereocenters. The normalized spacial score (nSPS) is 10.9. The van der Waals surface area contributed by atoms with Gasteiger partial charge in [-0.25, -0.2) is 4.98 Å². The van der Waals surface area contributed by atoms with E-state index in [0.29, 0.717) is 23.1 Å². The van der Waals surface area contributed by atoms with Gasteiger partial charge in [-0.2, -0.15) is 0 Å². The van der Waals surface area contributed by atoms with E-state index < -0.39 is 0 Å². The van der Waals surface area contributed by atoms with Crippen LogP contribution < -0.4 is 10.1 Å². The molecule has 4 nitrogen and oxygen atoms in total. The average Bonchev–Trinajstić information content (AvgIpc) is 3.16. The van der Waals surface area contributed by atoms with E-state index in [1.165, 1.54) is 17.4 Å². The molecule has 138 valence electrons. The zero-order valence-electron chi connectivity index (χ0n) is 14.8. The molecule has 1 aromatic heterocycles. The Balaban J connectivity index is 1.61. The van der Waals surface area contributed by atoms with E-state index in [1.807, 2.05) is 37.3 Å². The van der Waals surface area contributed by atoms with Crippen LogP contribution in [0.5, 0.6) is 5.75 Å². The number of carbonyl (C=O) groups is 1. The first-order valence-corrected chi connectivity index (χ1v) is 9.78. The first-order chi connectivity index (χ1) is 13.2. The standard InChI is InChI=1S/C21H19ClN2O2S/c1-2-12-26-19-10-8-16(13-18(19)22)24-20(25)11-9-17-14-23-21(27-17)15-6-4-3-5-7-15/h3-11,13-14H,2,12H2,1H3,(H,24,25)/b11-9+. The summed E-state index contributed by atoms with van der Waals surface area (Å²) in [5.74, 6) is 0.383. The smallest absolute Gasteiger partial charge is 0.248 e. The van der Waals surface area contributed by atoms with Crippen molar-refractivity contribution in [2.24, 2.45) is 0 Å². The highest BCUT2D eigenvalue weighted by Crippen LogP contribution is 2.28. The summed E-state index contributed by atoms with van der Waals surface area (Å²) in [6.45, 7) is 2.63. The molecule has 3 rings (SSSR count). The fraction of sp³-hybridized carbons (Fsp3) is 0.143. The third kappa shape index (κ3) is 5.42. The number of ether oxygens (including phenoxy) is 1. The fourth-order valence-corrected chi connectivity index (χ4v) is 3.39. The van der Waals surface area contributed by atoms with Crippen LogP contribution >= 0.6 is 22.9 Å². The Bertz CT molecular complexity index is 938. The summed E-state index contributed by atoms with van der Waals surface area (Å²) < 4.78 is 5.53. The summed E-state index contributed by atoms with van der Waals surface area (Å²) in [7, 11) is 0. The zero-order valence-corrected chi connectivity index (χ0v) is 16.4. The van der Waals surface area contributed by atoms with Gasteiger partial charge < -0.3 is 10.1 Å². The lowest BCUT2D eigenvalue weighted by molar-refractivity contribution is -0.111. The molecule has 0 aliphatic rings. The second-order valence-corrected chi connectivity index (χ2v) is 7.22. The number of nitrogens with one attached hydrogen (secondary N) is 1. The van der Waals surface area contributed by atoms with Gasteiger partial charge in [-0.3, -0.25) is 4.79 Å². The van der Waals surface area contributed by atoms with E-state index in [9.17, 15) is 4.79 Å². The summed E-state index contributed by atoms with van der Waals surface area (Å²) in [6, 6.07) is 15.1. The number of hydrogen-bond acceptors (Lipinski definition) is 4. The molecular weight excluding hydrogens is 380 g/mol. The molecule has 0 fully saturated rings. The Morgan fingerprint density at radius 2 is 2.07 bits per heavy atom. The maximum Gasteiger partial charge on any atom is 0.248 e. The topological polar surface area (TPSA) is 51.2 Å². The van der Waals surface area contributed by atoms with Gasteiger partial charge in [-0.15, -0.1) is 11.3 Å². The Morgan fingerprint density at radius 3 is 2.81 bits per heavy atom. The maximum atomic E-state index is 12.1. The lowest BCUT2D eigenvalue weighted by Crippen LogP contribution is -2.07. The van der Waals surface area contributed by atoms with Crippen LogP contribution in [-0.2, 0) is 4.79 Å². The minimum absolute atomic E-state index is 0.233. The molecule has 6 heteroatoms. The predicted octanol–water partition coefficient (Wildman–Crippen LogP) is 5.90.